The van der Waals surface area contributed by atoms with E-state index in [0.717, 1.165) is 6.07 Å². The average molecular weight is 370 g/mol. The van der Waals surface area contributed by atoms with E-state index in [4.69, 9.17) is 16.7 Å². The zero-order chi connectivity index (χ0) is 18.1. The van der Waals surface area contributed by atoms with E-state index in [1.807, 2.05) is 0 Å². The summed E-state index contributed by atoms with van der Waals surface area (Å²) >= 11 is 6.10. The van der Waals surface area contributed by atoms with Crippen molar-refractivity contribution < 1.29 is 14.3 Å². The Labute approximate surface area is 147 Å². The van der Waals surface area contributed by atoms with E-state index in [0.29, 0.717) is 26.2 Å². The molecule has 2 aromatic rings. The number of hydrogen-bond donors (Lipinski definition) is 3. The number of carbonyl (C=O) groups is 1. The molecule has 1 fully saturated rings. The molecule has 1 aromatic carbocycles. The third-order valence-corrected chi connectivity index (χ3v) is 4.35. The standard InChI is InChI=1S/C15H17ClFN5O3/c1-8(19-15(24)25)13-20-12-10(17)3-2-9(16)11(12)14(23)22(13)21-6-4-18-5-7-21/h2-3,8,18-19H,4-7H2,1H3,(H,24,25). The van der Waals surface area contributed by atoms with Gasteiger partial charge >= 0.3 is 6.09 Å². The van der Waals surface area contributed by atoms with Crippen molar-refractivity contribution >= 4 is 28.6 Å². The molecule has 0 radical (unpaired) electrons. The number of nitrogens with zero attached hydrogens (tertiary/aromatic N) is 3. The topological polar surface area (TPSA) is 99.5 Å². The maximum atomic E-state index is 14.2. The summed E-state index contributed by atoms with van der Waals surface area (Å²) in [5.74, 6) is -0.573. The number of fused-ring (bicyclic) bond motifs is 1. The highest BCUT2D eigenvalue weighted by Crippen LogP contribution is 2.23. The normalized spacial score (nSPS) is 16.0. The van der Waals surface area contributed by atoms with Gasteiger partial charge in [0.25, 0.3) is 5.56 Å². The Kier molecular flexibility index (Phi) is 4.78. The molecule has 1 aliphatic heterocycles. The van der Waals surface area contributed by atoms with Crippen molar-refractivity contribution in [1.29, 1.82) is 0 Å². The van der Waals surface area contributed by atoms with Crippen LogP contribution in [0.5, 0.6) is 0 Å². The van der Waals surface area contributed by atoms with Gasteiger partial charge in [0.2, 0.25) is 0 Å². The molecule has 1 amide bonds. The predicted molar refractivity (Wildman–Crippen MR) is 91.4 cm³/mol. The average Bonchev–Trinajstić information content (AvgIpc) is 2.57. The number of benzene rings is 1. The van der Waals surface area contributed by atoms with Crippen LogP contribution in [0, 0.1) is 5.82 Å². The van der Waals surface area contributed by atoms with Crippen LogP contribution in [0.25, 0.3) is 10.9 Å². The summed E-state index contributed by atoms with van der Waals surface area (Å²) in [4.78, 5) is 28.3. The molecule has 134 valence electrons. The van der Waals surface area contributed by atoms with Gasteiger partial charge in [-0.3, -0.25) is 4.79 Å². The molecule has 3 rings (SSSR count). The number of hydrogen-bond acceptors (Lipinski definition) is 5. The van der Waals surface area contributed by atoms with Crippen LogP contribution in [0.3, 0.4) is 0 Å². The Morgan fingerprint density at radius 3 is 2.76 bits per heavy atom. The van der Waals surface area contributed by atoms with Gasteiger partial charge in [0.05, 0.1) is 16.5 Å². The largest absolute Gasteiger partial charge is 0.465 e. The van der Waals surface area contributed by atoms with E-state index in [9.17, 15) is 14.0 Å². The van der Waals surface area contributed by atoms with Crippen LogP contribution in [0.1, 0.15) is 18.8 Å². The van der Waals surface area contributed by atoms with Crippen LogP contribution in [-0.2, 0) is 0 Å². The van der Waals surface area contributed by atoms with Crippen molar-refractivity contribution in [1.82, 2.24) is 20.3 Å². The number of aromatic nitrogens is 2. The highest BCUT2D eigenvalue weighted by atomic mass is 35.5. The first-order valence-electron chi connectivity index (χ1n) is 7.76. The molecule has 0 aliphatic carbocycles. The van der Waals surface area contributed by atoms with Crippen LogP contribution >= 0.6 is 11.6 Å². The van der Waals surface area contributed by atoms with Crippen LogP contribution in [-0.4, -0.2) is 47.0 Å². The van der Waals surface area contributed by atoms with Crippen molar-refractivity contribution in [3.05, 3.63) is 39.2 Å². The van der Waals surface area contributed by atoms with Crippen molar-refractivity contribution in [3.8, 4) is 0 Å². The number of piperazine rings is 1. The maximum absolute atomic E-state index is 14.2. The molecular weight excluding hydrogens is 353 g/mol. The van der Waals surface area contributed by atoms with Gasteiger partial charge in [-0.15, -0.1) is 0 Å². The van der Waals surface area contributed by atoms with E-state index in [2.05, 4.69) is 15.6 Å². The zero-order valence-corrected chi connectivity index (χ0v) is 14.2. The molecule has 3 N–H and O–H groups in total. The minimum Gasteiger partial charge on any atom is -0.465 e. The van der Waals surface area contributed by atoms with Gasteiger partial charge in [0, 0.05) is 26.2 Å². The molecule has 0 spiro atoms. The number of halogens is 2. The van der Waals surface area contributed by atoms with Crippen molar-refractivity contribution in [2.24, 2.45) is 0 Å². The molecule has 1 aromatic heterocycles. The maximum Gasteiger partial charge on any atom is 0.405 e. The van der Waals surface area contributed by atoms with Crippen LogP contribution in [0.2, 0.25) is 5.02 Å². The van der Waals surface area contributed by atoms with Crippen molar-refractivity contribution in [3.63, 3.8) is 0 Å². The molecular formula is C15H17ClFN5O3. The Morgan fingerprint density at radius 2 is 2.12 bits per heavy atom. The quantitative estimate of drug-likeness (QED) is 0.748. The van der Waals surface area contributed by atoms with Gasteiger partial charge in [-0.1, -0.05) is 11.6 Å². The Hall–Kier alpha value is -2.39. The molecule has 0 bridgehead atoms. The minimum absolute atomic E-state index is 0.0218. The molecule has 1 saturated heterocycles. The monoisotopic (exact) mass is 369 g/mol. The van der Waals surface area contributed by atoms with Crippen LogP contribution in [0.4, 0.5) is 9.18 Å². The second-order valence-electron chi connectivity index (χ2n) is 5.71. The minimum atomic E-state index is -1.26. The zero-order valence-electron chi connectivity index (χ0n) is 13.4. The van der Waals surface area contributed by atoms with Crippen molar-refractivity contribution in [2.75, 3.05) is 31.2 Å². The van der Waals surface area contributed by atoms with E-state index >= 15 is 0 Å². The summed E-state index contributed by atoms with van der Waals surface area (Å²) in [5, 5.41) is 16.2. The van der Waals surface area contributed by atoms with E-state index < -0.39 is 23.5 Å². The van der Waals surface area contributed by atoms with Gasteiger partial charge in [-0.05, 0) is 19.1 Å². The smallest absolute Gasteiger partial charge is 0.405 e. The van der Waals surface area contributed by atoms with Gasteiger partial charge in [0.1, 0.15) is 11.3 Å². The molecule has 1 unspecified atom stereocenters. The Balaban J connectivity index is 2.28. The third-order valence-electron chi connectivity index (χ3n) is 4.03. The van der Waals surface area contributed by atoms with E-state index in [-0.39, 0.29) is 21.7 Å². The lowest BCUT2D eigenvalue weighted by atomic mass is 10.2. The SMILES string of the molecule is CC(NC(=O)O)c1nc2c(F)ccc(Cl)c2c(=O)n1N1CCNCC1. The number of rotatable bonds is 3. The summed E-state index contributed by atoms with van der Waals surface area (Å²) in [5.41, 5.74) is -0.691. The van der Waals surface area contributed by atoms with E-state index in [1.54, 1.807) is 11.9 Å². The van der Waals surface area contributed by atoms with Gasteiger partial charge in [-0.25, -0.2) is 18.8 Å². The first-order valence-corrected chi connectivity index (χ1v) is 8.14. The fourth-order valence-corrected chi connectivity index (χ4v) is 3.12. The lowest BCUT2D eigenvalue weighted by molar-refractivity contribution is 0.190. The first kappa shape index (κ1) is 17.4. The summed E-state index contributed by atoms with van der Waals surface area (Å²) in [6.07, 6.45) is -1.26. The second kappa shape index (κ2) is 6.85. The Bertz CT molecular complexity index is 882. The first-order chi connectivity index (χ1) is 11.9. The number of amides is 1. The summed E-state index contributed by atoms with van der Waals surface area (Å²) in [7, 11) is 0. The van der Waals surface area contributed by atoms with Crippen LogP contribution in [0.15, 0.2) is 16.9 Å². The fourth-order valence-electron chi connectivity index (χ4n) is 2.88. The molecule has 2 heterocycles. The molecule has 8 nitrogen and oxygen atoms in total. The highest BCUT2D eigenvalue weighted by molar-refractivity contribution is 6.35. The number of carboxylic acid groups (broad SMARTS) is 1. The summed E-state index contributed by atoms with van der Waals surface area (Å²) in [6, 6.07) is 1.62. The lowest BCUT2D eigenvalue weighted by Crippen LogP contribution is -2.54. The van der Waals surface area contributed by atoms with Crippen LogP contribution < -0.4 is 21.2 Å². The summed E-state index contributed by atoms with van der Waals surface area (Å²) < 4.78 is 15.5. The molecule has 1 atom stereocenters. The third kappa shape index (κ3) is 3.24. The van der Waals surface area contributed by atoms with E-state index in [1.165, 1.54) is 10.7 Å². The van der Waals surface area contributed by atoms with Gasteiger partial charge in [0.15, 0.2) is 5.82 Å². The molecule has 10 heteroatoms. The predicted octanol–water partition coefficient (Wildman–Crippen LogP) is 1.06. The molecule has 1 aliphatic rings. The fraction of sp³-hybridized carbons (Fsp3) is 0.400. The number of nitrogens with one attached hydrogen (secondary N) is 2. The van der Waals surface area contributed by atoms with Gasteiger partial charge < -0.3 is 20.7 Å². The highest BCUT2D eigenvalue weighted by Gasteiger charge is 2.25. The van der Waals surface area contributed by atoms with Gasteiger partial charge in [-0.2, -0.15) is 0 Å². The summed E-state index contributed by atoms with van der Waals surface area (Å²) in [6.45, 7) is 3.89. The molecule has 25 heavy (non-hydrogen) atoms. The second-order valence-corrected chi connectivity index (χ2v) is 6.12. The van der Waals surface area contributed by atoms with Crippen molar-refractivity contribution in [2.45, 2.75) is 13.0 Å². The molecule has 0 saturated carbocycles. The Morgan fingerprint density at radius 1 is 1.44 bits per heavy atom. The lowest BCUT2D eigenvalue weighted by Gasteiger charge is -2.33.